The number of carbonyl (C=O) groups is 1. The van der Waals surface area contributed by atoms with E-state index >= 15 is 0 Å². The Morgan fingerprint density at radius 2 is 1.63 bits per heavy atom. The van der Waals surface area contributed by atoms with Gasteiger partial charge in [0.05, 0.1) is 12.7 Å². The van der Waals surface area contributed by atoms with Gasteiger partial charge in [0, 0.05) is 18.1 Å². The van der Waals surface area contributed by atoms with Crippen molar-refractivity contribution in [2.45, 2.75) is 90.6 Å². The molecule has 150 valence electrons. The molecule has 1 aromatic rings. The Morgan fingerprint density at radius 3 is 2.26 bits per heavy atom. The lowest BCUT2D eigenvalue weighted by Gasteiger charge is -2.28. The molecule has 0 unspecified atom stereocenters. The Hall–Kier alpha value is -1.77. The molecule has 3 heteroatoms. The van der Waals surface area contributed by atoms with Gasteiger partial charge in [-0.3, -0.25) is 4.79 Å². The molecule has 3 nitrogen and oxygen atoms in total. The van der Waals surface area contributed by atoms with Gasteiger partial charge in [0.15, 0.2) is 5.78 Å². The van der Waals surface area contributed by atoms with Crippen molar-refractivity contribution in [3.8, 4) is 11.5 Å². The number of carbonyl (C=O) groups excluding carboxylic acids is 1. The van der Waals surface area contributed by atoms with Crippen molar-refractivity contribution < 1.29 is 14.3 Å². The minimum absolute atomic E-state index is 0.163. The first kappa shape index (κ1) is 21.5. The van der Waals surface area contributed by atoms with Crippen molar-refractivity contribution in [3.05, 3.63) is 29.3 Å². The van der Waals surface area contributed by atoms with Crippen molar-refractivity contribution in [1.82, 2.24) is 0 Å². The van der Waals surface area contributed by atoms with Crippen LogP contribution in [0.2, 0.25) is 0 Å². The van der Waals surface area contributed by atoms with Crippen LogP contribution in [0.5, 0.6) is 11.5 Å². The van der Waals surface area contributed by atoms with E-state index < -0.39 is 0 Å². The maximum atomic E-state index is 12.7. The maximum absolute atomic E-state index is 12.7. The molecule has 1 heterocycles. The second-order valence-corrected chi connectivity index (χ2v) is 8.13. The van der Waals surface area contributed by atoms with E-state index in [9.17, 15) is 4.79 Å². The van der Waals surface area contributed by atoms with Gasteiger partial charge in [-0.05, 0) is 32.4 Å². The second kappa shape index (κ2) is 10.5. The maximum Gasteiger partial charge on any atom is 0.166 e. The zero-order chi connectivity index (χ0) is 19.7. The fraction of sp³-hybridized carbons (Fsp3) is 0.625. The molecule has 2 rings (SSSR count). The van der Waals surface area contributed by atoms with Crippen LogP contribution < -0.4 is 9.47 Å². The highest BCUT2D eigenvalue weighted by atomic mass is 16.5. The van der Waals surface area contributed by atoms with Crippen molar-refractivity contribution in [2.75, 3.05) is 7.11 Å². The van der Waals surface area contributed by atoms with Crippen molar-refractivity contribution in [3.63, 3.8) is 0 Å². The highest BCUT2D eigenvalue weighted by Crippen LogP contribution is 2.36. The van der Waals surface area contributed by atoms with Crippen LogP contribution >= 0.6 is 0 Å². The number of ketones is 1. The summed E-state index contributed by atoms with van der Waals surface area (Å²) in [6.45, 7) is 6.28. The van der Waals surface area contributed by atoms with Gasteiger partial charge in [-0.25, -0.2) is 0 Å². The van der Waals surface area contributed by atoms with Gasteiger partial charge in [-0.1, -0.05) is 64.4 Å². The minimum Gasteiger partial charge on any atom is -0.496 e. The van der Waals surface area contributed by atoms with E-state index in [0.717, 1.165) is 24.2 Å². The molecular weight excluding hydrogens is 336 g/mol. The number of Topliss-reactive ketones (excluding diaryl/α,β-unsaturated/α-hetero) is 1. The third-order valence-electron chi connectivity index (χ3n) is 5.18. The molecule has 0 aromatic heterocycles. The molecule has 0 fully saturated rings. The summed E-state index contributed by atoms with van der Waals surface area (Å²) in [5.41, 5.74) is 1.29. The third kappa shape index (κ3) is 6.71. The number of hydrogen-bond acceptors (Lipinski definition) is 3. The highest BCUT2D eigenvalue weighted by molar-refractivity contribution is 5.99. The number of rotatable bonds is 12. The van der Waals surface area contributed by atoms with E-state index in [2.05, 4.69) is 6.92 Å². The number of methoxy groups -OCH3 is 1. The van der Waals surface area contributed by atoms with Crippen LogP contribution in [-0.4, -0.2) is 18.5 Å². The van der Waals surface area contributed by atoms with Crippen LogP contribution in [0.1, 0.15) is 101 Å². The average molecular weight is 373 g/mol. The summed E-state index contributed by atoms with van der Waals surface area (Å²) < 4.78 is 11.4. The van der Waals surface area contributed by atoms with E-state index in [-0.39, 0.29) is 11.4 Å². The lowest BCUT2D eigenvalue weighted by molar-refractivity contribution is 0.0976. The molecule has 0 aliphatic carbocycles. The summed E-state index contributed by atoms with van der Waals surface area (Å²) in [5.74, 6) is 1.55. The SMILES string of the molecule is CCCCCCCCCCCC(=O)c1cc2c(cc1OC)OC(C)(C)C=C2. The molecule has 0 bridgehead atoms. The summed E-state index contributed by atoms with van der Waals surface area (Å²) in [6, 6.07) is 3.76. The quantitative estimate of drug-likeness (QED) is 0.293. The molecule has 0 atom stereocenters. The van der Waals surface area contributed by atoms with Gasteiger partial charge in [0.2, 0.25) is 0 Å². The van der Waals surface area contributed by atoms with Crippen molar-refractivity contribution in [1.29, 1.82) is 0 Å². The van der Waals surface area contributed by atoms with Crippen molar-refractivity contribution in [2.24, 2.45) is 0 Å². The summed E-state index contributed by atoms with van der Waals surface area (Å²) in [4.78, 5) is 12.7. The number of unbranched alkanes of at least 4 members (excludes halogenated alkanes) is 8. The van der Waals surface area contributed by atoms with E-state index in [1.807, 2.05) is 38.1 Å². The number of fused-ring (bicyclic) bond motifs is 1. The zero-order valence-electron chi connectivity index (χ0n) is 17.6. The van der Waals surface area contributed by atoms with Gasteiger partial charge < -0.3 is 9.47 Å². The summed E-state index contributed by atoms with van der Waals surface area (Å²) >= 11 is 0. The smallest absolute Gasteiger partial charge is 0.166 e. The third-order valence-corrected chi connectivity index (χ3v) is 5.18. The van der Waals surface area contributed by atoms with Crippen LogP contribution in [0.3, 0.4) is 0 Å². The Bertz CT molecular complexity index is 643. The zero-order valence-corrected chi connectivity index (χ0v) is 17.6. The van der Waals surface area contributed by atoms with Crippen LogP contribution in [-0.2, 0) is 0 Å². The summed E-state index contributed by atoms with van der Waals surface area (Å²) in [5, 5.41) is 0. The molecule has 0 saturated carbocycles. The lowest BCUT2D eigenvalue weighted by Crippen LogP contribution is -2.27. The monoisotopic (exact) mass is 372 g/mol. The van der Waals surface area contributed by atoms with Gasteiger partial charge in [-0.2, -0.15) is 0 Å². The van der Waals surface area contributed by atoms with E-state index in [1.165, 1.54) is 44.9 Å². The molecule has 0 saturated heterocycles. The molecule has 0 spiro atoms. The van der Waals surface area contributed by atoms with Gasteiger partial charge >= 0.3 is 0 Å². The normalized spacial score (nSPS) is 14.5. The summed E-state index contributed by atoms with van der Waals surface area (Å²) in [6.07, 6.45) is 15.9. The first-order chi connectivity index (χ1) is 13.0. The van der Waals surface area contributed by atoms with Crippen LogP contribution in [0.4, 0.5) is 0 Å². The van der Waals surface area contributed by atoms with E-state index in [0.29, 0.717) is 17.7 Å². The van der Waals surface area contributed by atoms with E-state index in [1.54, 1.807) is 7.11 Å². The number of ether oxygens (including phenoxy) is 2. The van der Waals surface area contributed by atoms with Gasteiger partial charge in [-0.15, -0.1) is 0 Å². The largest absolute Gasteiger partial charge is 0.496 e. The standard InChI is InChI=1S/C24H36O3/c1-5-6-7-8-9-10-11-12-13-14-21(25)20-17-19-15-16-24(2,3)27-22(19)18-23(20)26-4/h15-18H,5-14H2,1-4H3. The van der Waals surface area contributed by atoms with Gasteiger partial charge in [0.25, 0.3) is 0 Å². The fourth-order valence-corrected chi connectivity index (χ4v) is 3.52. The molecule has 0 amide bonds. The molecule has 1 aliphatic rings. The molecule has 1 aliphatic heterocycles. The van der Waals surface area contributed by atoms with Crippen LogP contribution in [0, 0.1) is 0 Å². The molecular formula is C24H36O3. The topological polar surface area (TPSA) is 35.5 Å². The molecule has 27 heavy (non-hydrogen) atoms. The fourth-order valence-electron chi connectivity index (χ4n) is 3.52. The minimum atomic E-state index is -0.333. The average Bonchev–Trinajstić information content (AvgIpc) is 2.64. The molecule has 1 aromatic carbocycles. The van der Waals surface area contributed by atoms with Gasteiger partial charge in [0.1, 0.15) is 17.1 Å². The Morgan fingerprint density at radius 1 is 1.00 bits per heavy atom. The molecule has 0 N–H and O–H groups in total. The predicted molar refractivity (Wildman–Crippen MR) is 113 cm³/mol. The number of benzene rings is 1. The van der Waals surface area contributed by atoms with Crippen molar-refractivity contribution >= 4 is 11.9 Å². The highest BCUT2D eigenvalue weighted by Gasteiger charge is 2.24. The Labute approximate surface area is 165 Å². The Kier molecular flexibility index (Phi) is 8.40. The predicted octanol–water partition coefficient (Wildman–Crippen LogP) is 6.98. The van der Waals surface area contributed by atoms with Crippen LogP contribution in [0.15, 0.2) is 18.2 Å². The molecule has 0 radical (unpaired) electrons. The number of hydrogen-bond donors (Lipinski definition) is 0. The second-order valence-electron chi connectivity index (χ2n) is 8.13. The first-order valence-electron chi connectivity index (χ1n) is 10.6. The summed E-state index contributed by atoms with van der Waals surface area (Å²) in [7, 11) is 1.61. The van der Waals surface area contributed by atoms with Crippen LogP contribution in [0.25, 0.3) is 6.08 Å². The first-order valence-corrected chi connectivity index (χ1v) is 10.6. The Balaban J connectivity index is 1.82. The van der Waals surface area contributed by atoms with E-state index in [4.69, 9.17) is 9.47 Å². The lowest BCUT2D eigenvalue weighted by atomic mass is 9.97.